The van der Waals surface area contributed by atoms with Gasteiger partial charge in [0.2, 0.25) is 0 Å². The van der Waals surface area contributed by atoms with Crippen LogP contribution in [0, 0.1) is 34.5 Å². The van der Waals surface area contributed by atoms with Crippen LogP contribution < -0.4 is 0 Å². The summed E-state index contributed by atoms with van der Waals surface area (Å²) in [5, 5.41) is 4.27. The Balaban J connectivity index is 1.48. The number of carbonyl (C=O) groups excluding carboxylic acids is 1. The lowest BCUT2D eigenvalue weighted by molar-refractivity contribution is -0.137. The molecule has 0 bridgehead atoms. The SMILES string of the molecule is Cn1nccc1/C=C1/C[C@@H]2[C@H]3CC[C@@H]4CCCC[C@]4(C)[C@@H]3CC[C@]2(C)C1=O. The first kappa shape index (κ1) is 17.7. The average Bonchev–Trinajstić information content (AvgIpc) is 3.17. The number of carbonyl (C=O) groups is 1. The summed E-state index contributed by atoms with van der Waals surface area (Å²) in [6.07, 6.45) is 15.8. The van der Waals surface area contributed by atoms with Crippen molar-refractivity contribution in [3.8, 4) is 0 Å². The summed E-state index contributed by atoms with van der Waals surface area (Å²) >= 11 is 0. The van der Waals surface area contributed by atoms with Crippen molar-refractivity contribution in [1.29, 1.82) is 0 Å². The predicted octanol–water partition coefficient (Wildman–Crippen LogP) is 5.42. The quantitative estimate of drug-likeness (QED) is 0.622. The van der Waals surface area contributed by atoms with Crippen molar-refractivity contribution in [2.24, 2.45) is 41.5 Å². The van der Waals surface area contributed by atoms with Crippen molar-refractivity contribution < 1.29 is 4.79 Å². The summed E-state index contributed by atoms with van der Waals surface area (Å²) in [5.74, 6) is 3.53. The van der Waals surface area contributed by atoms with E-state index in [0.29, 0.717) is 17.1 Å². The Morgan fingerprint density at radius 1 is 1.11 bits per heavy atom. The fraction of sp³-hybridized carbons (Fsp3) is 0.750. The molecule has 4 aliphatic carbocycles. The summed E-state index contributed by atoms with van der Waals surface area (Å²) in [4.78, 5) is 13.4. The van der Waals surface area contributed by atoms with Crippen LogP contribution in [0.4, 0.5) is 0 Å². The molecule has 4 aliphatic rings. The molecule has 5 rings (SSSR count). The molecular weight excluding hydrogens is 332 g/mol. The molecule has 0 saturated heterocycles. The normalized spacial score (nSPS) is 45.4. The van der Waals surface area contributed by atoms with Gasteiger partial charge in [0.05, 0.1) is 5.69 Å². The number of fused-ring (bicyclic) bond motifs is 5. The van der Waals surface area contributed by atoms with E-state index in [2.05, 4.69) is 25.0 Å². The van der Waals surface area contributed by atoms with Gasteiger partial charge in [0.25, 0.3) is 0 Å². The predicted molar refractivity (Wildman–Crippen MR) is 108 cm³/mol. The van der Waals surface area contributed by atoms with Gasteiger partial charge in [-0.3, -0.25) is 9.48 Å². The minimum absolute atomic E-state index is 0.122. The molecule has 0 N–H and O–H groups in total. The first-order valence-electron chi connectivity index (χ1n) is 11.2. The molecule has 0 unspecified atom stereocenters. The van der Waals surface area contributed by atoms with Crippen LogP contribution in [0.5, 0.6) is 0 Å². The number of hydrogen-bond acceptors (Lipinski definition) is 2. The lowest BCUT2D eigenvalue weighted by Gasteiger charge is -2.59. The summed E-state index contributed by atoms with van der Waals surface area (Å²) in [6, 6.07) is 2.02. The summed E-state index contributed by atoms with van der Waals surface area (Å²) < 4.78 is 1.88. The van der Waals surface area contributed by atoms with Crippen LogP contribution in [-0.4, -0.2) is 15.6 Å². The van der Waals surface area contributed by atoms with E-state index in [-0.39, 0.29) is 5.41 Å². The molecular formula is C24H34N2O. The summed E-state index contributed by atoms with van der Waals surface area (Å²) in [6.45, 7) is 4.90. The maximum absolute atomic E-state index is 13.4. The van der Waals surface area contributed by atoms with Gasteiger partial charge in [-0.25, -0.2) is 0 Å². The van der Waals surface area contributed by atoms with Crippen LogP contribution >= 0.6 is 0 Å². The van der Waals surface area contributed by atoms with Gasteiger partial charge in [-0.05, 0) is 91.7 Å². The maximum atomic E-state index is 13.4. The van der Waals surface area contributed by atoms with Crippen LogP contribution in [0.3, 0.4) is 0 Å². The van der Waals surface area contributed by atoms with E-state index in [1.54, 1.807) is 0 Å². The second-order valence-corrected chi connectivity index (χ2v) is 10.4. The summed E-state index contributed by atoms with van der Waals surface area (Å²) in [5.41, 5.74) is 2.53. The third-order valence-corrected chi connectivity index (χ3v) is 9.40. The zero-order valence-electron chi connectivity index (χ0n) is 17.2. The minimum Gasteiger partial charge on any atom is -0.294 e. The van der Waals surface area contributed by atoms with E-state index >= 15 is 0 Å². The zero-order chi connectivity index (χ0) is 18.8. The fourth-order valence-electron chi connectivity index (χ4n) is 7.80. The molecule has 0 aliphatic heterocycles. The van der Waals surface area contributed by atoms with E-state index in [1.165, 1.54) is 44.9 Å². The minimum atomic E-state index is -0.122. The Labute approximate surface area is 163 Å². The van der Waals surface area contributed by atoms with Gasteiger partial charge in [0.15, 0.2) is 5.78 Å². The third-order valence-electron chi connectivity index (χ3n) is 9.40. The van der Waals surface area contributed by atoms with Gasteiger partial charge in [0, 0.05) is 18.7 Å². The van der Waals surface area contributed by atoms with Crippen molar-refractivity contribution in [3.05, 3.63) is 23.5 Å². The lowest BCUT2D eigenvalue weighted by Crippen LogP contribution is -2.52. The molecule has 0 spiro atoms. The Hall–Kier alpha value is -1.38. The first-order chi connectivity index (χ1) is 12.9. The highest BCUT2D eigenvalue weighted by Gasteiger charge is 2.60. The third kappa shape index (κ3) is 2.46. The van der Waals surface area contributed by atoms with Crippen LogP contribution in [0.25, 0.3) is 6.08 Å². The van der Waals surface area contributed by atoms with E-state index in [9.17, 15) is 4.79 Å². The molecule has 0 radical (unpaired) electrons. The van der Waals surface area contributed by atoms with Crippen molar-refractivity contribution in [2.45, 2.75) is 71.6 Å². The number of rotatable bonds is 1. The molecule has 1 heterocycles. The zero-order valence-corrected chi connectivity index (χ0v) is 17.2. The monoisotopic (exact) mass is 366 g/mol. The second kappa shape index (κ2) is 6.06. The second-order valence-electron chi connectivity index (χ2n) is 10.4. The van der Waals surface area contributed by atoms with E-state index in [0.717, 1.165) is 41.9 Å². The molecule has 4 fully saturated rings. The largest absolute Gasteiger partial charge is 0.294 e. The highest BCUT2D eigenvalue weighted by Crippen LogP contribution is 2.66. The number of ketones is 1. The van der Waals surface area contributed by atoms with Gasteiger partial charge in [-0.1, -0.05) is 26.7 Å². The smallest absolute Gasteiger partial charge is 0.165 e. The molecule has 1 aromatic heterocycles. The Morgan fingerprint density at radius 2 is 1.96 bits per heavy atom. The number of aromatic nitrogens is 2. The number of Topliss-reactive ketones (excluding diaryl/α,β-unsaturated/α-hetero) is 1. The molecule has 1 aromatic rings. The Morgan fingerprint density at radius 3 is 2.74 bits per heavy atom. The molecule has 3 nitrogen and oxygen atoms in total. The van der Waals surface area contributed by atoms with Gasteiger partial charge in [0.1, 0.15) is 0 Å². The van der Waals surface area contributed by atoms with Gasteiger partial charge in [-0.15, -0.1) is 0 Å². The van der Waals surface area contributed by atoms with Crippen molar-refractivity contribution in [2.75, 3.05) is 0 Å². The van der Waals surface area contributed by atoms with Gasteiger partial charge in [-0.2, -0.15) is 5.10 Å². The highest BCUT2D eigenvalue weighted by molar-refractivity contribution is 6.05. The topological polar surface area (TPSA) is 34.9 Å². The summed E-state index contributed by atoms with van der Waals surface area (Å²) in [7, 11) is 1.96. The van der Waals surface area contributed by atoms with Gasteiger partial charge >= 0.3 is 0 Å². The first-order valence-corrected chi connectivity index (χ1v) is 11.2. The lowest BCUT2D eigenvalue weighted by atomic mass is 9.45. The van der Waals surface area contributed by atoms with E-state index < -0.39 is 0 Å². The van der Waals surface area contributed by atoms with Crippen LogP contribution in [0.2, 0.25) is 0 Å². The molecule has 0 amide bonds. The number of nitrogens with zero attached hydrogens (tertiary/aromatic N) is 2. The van der Waals surface area contributed by atoms with E-state index in [4.69, 9.17) is 0 Å². The molecule has 3 heteroatoms. The molecule has 146 valence electrons. The maximum Gasteiger partial charge on any atom is 0.165 e. The van der Waals surface area contributed by atoms with Gasteiger partial charge < -0.3 is 0 Å². The fourth-order valence-corrected chi connectivity index (χ4v) is 7.80. The van der Waals surface area contributed by atoms with Crippen LogP contribution in [0.1, 0.15) is 77.3 Å². The Bertz CT molecular complexity index is 792. The van der Waals surface area contributed by atoms with Crippen LogP contribution in [0.15, 0.2) is 17.8 Å². The van der Waals surface area contributed by atoms with Crippen molar-refractivity contribution in [3.63, 3.8) is 0 Å². The van der Waals surface area contributed by atoms with Crippen molar-refractivity contribution in [1.82, 2.24) is 9.78 Å². The van der Waals surface area contributed by atoms with Crippen LogP contribution in [-0.2, 0) is 11.8 Å². The van der Waals surface area contributed by atoms with E-state index in [1.807, 2.05) is 24.0 Å². The molecule has 27 heavy (non-hydrogen) atoms. The molecule has 6 atom stereocenters. The van der Waals surface area contributed by atoms with Crippen molar-refractivity contribution >= 4 is 11.9 Å². The number of aryl methyl sites for hydroxylation is 1. The number of hydrogen-bond donors (Lipinski definition) is 0. The number of allylic oxidation sites excluding steroid dienone is 1. The molecule has 4 saturated carbocycles. The highest BCUT2D eigenvalue weighted by atomic mass is 16.1. The standard InChI is InChI=1S/C24H34N2O/c1-23-11-5-4-6-17(23)7-8-19-20(23)9-12-24(2)21(19)15-16(22(24)27)14-18-10-13-25-26(18)3/h10,13-14,17,19-21H,4-9,11-12,15H2,1-3H3/b16-14-/t17-,19-,20+,21+,23-,24-/m0/s1. The Kier molecular flexibility index (Phi) is 3.97. The molecule has 0 aromatic carbocycles. The average molecular weight is 367 g/mol.